The van der Waals surface area contributed by atoms with E-state index < -0.39 is 15.8 Å². The number of benzene rings is 1. The molecule has 0 saturated heterocycles. The Morgan fingerprint density at radius 3 is 2.67 bits per heavy atom. The highest BCUT2D eigenvalue weighted by atomic mass is 79.9. The van der Waals surface area contributed by atoms with Crippen LogP contribution in [0.5, 0.6) is 0 Å². The Morgan fingerprint density at radius 1 is 1.33 bits per heavy atom. The van der Waals surface area contributed by atoms with E-state index in [1.54, 1.807) is 18.2 Å². The molecule has 2 aromatic rings. The van der Waals surface area contributed by atoms with Gasteiger partial charge in [-0.25, -0.2) is 18.2 Å². The van der Waals surface area contributed by atoms with Crippen LogP contribution in [0.1, 0.15) is 10.4 Å². The molecule has 0 bridgehead atoms. The van der Waals surface area contributed by atoms with Crippen LogP contribution in [0.2, 0.25) is 0 Å². The van der Waals surface area contributed by atoms with Crippen LogP contribution in [0, 0.1) is 0 Å². The van der Waals surface area contributed by atoms with Crippen LogP contribution in [-0.4, -0.2) is 30.7 Å². The standard InChI is InChI=1S/C13H10BrNO4S2/c1-21(18,19)11-3-2-6-15-12(11)20-8-4-5-10(14)9(7-8)13(16)17/h2-7H,1H3,(H,16,17). The number of carbonyl (C=O) groups is 1. The SMILES string of the molecule is CS(=O)(=O)c1cccnc1Sc1ccc(Br)c(C(=O)O)c1. The van der Waals surface area contributed by atoms with Gasteiger partial charge in [0.15, 0.2) is 9.84 Å². The summed E-state index contributed by atoms with van der Waals surface area (Å²) in [7, 11) is -3.40. The highest BCUT2D eigenvalue weighted by Crippen LogP contribution is 2.33. The first-order valence-corrected chi connectivity index (χ1v) is 9.15. The van der Waals surface area contributed by atoms with Crippen molar-refractivity contribution >= 4 is 43.5 Å². The summed E-state index contributed by atoms with van der Waals surface area (Å²) < 4.78 is 23.9. The molecule has 1 aromatic carbocycles. The van der Waals surface area contributed by atoms with Gasteiger partial charge in [-0.3, -0.25) is 0 Å². The second kappa shape index (κ2) is 6.17. The molecule has 110 valence electrons. The van der Waals surface area contributed by atoms with Gasteiger partial charge >= 0.3 is 5.97 Å². The van der Waals surface area contributed by atoms with Crippen molar-refractivity contribution in [2.75, 3.05) is 6.26 Å². The Hall–Kier alpha value is -1.38. The number of carboxylic acids is 1. The predicted molar refractivity (Wildman–Crippen MR) is 82.6 cm³/mol. The minimum Gasteiger partial charge on any atom is -0.478 e. The molecule has 0 aliphatic carbocycles. The van der Waals surface area contributed by atoms with Gasteiger partial charge in [0.25, 0.3) is 0 Å². The first-order chi connectivity index (χ1) is 9.79. The van der Waals surface area contributed by atoms with Crippen molar-refractivity contribution in [2.45, 2.75) is 14.8 Å². The molecule has 8 heteroatoms. The van der Waals surface area contributed by atoms with E-state index in [1.807, 2.05) is 0 Å². The molecule has 1 heterocycles. The fraction of sp³-hybridized carbons (Fsp3) is 0.0769. The van der Waals surface area contributed by atoms with E-state index in [4.69, 9.17) is 5.11 Å². The van der Waals surface area contributed by atoms with Crippen molar-refractivity contribution in [3.8, 4) is 0 Å². The van der Waals surface area contributed by atoms with Gasteiger partial charge in [-0.05, 0) is 46.3 Å². The summed E-state index contributed by atoms with van der Waals surface area (Å²) in [6.07, 6.45) is 2.60. The molecule has 1 aromatic heterocycles. The maximum Gasteiger partial charge on any atom is 0.336 e. The highest BCUT2D eigenvalue weighted by Gasteiger charge is 2.16. The molecule has 0 aliphatic heterocycles. The van der Waals surface area contributed by atoms with Gasteiger partial charge in [0.1, 0.15) is 5.03 Å². The summed E-state index contributed by atoms with van der Waals surface area (Å²) in [6.45, 7) is 0. The number of rotatable bonds is 4. The molecule has 0 spiro atoms. The number of sulfone groups is 1. The molecule has 0 aliphatic rings. The number of halogens is 1. The van der Waals surface area contributed by atoms with Crippen molar-refractivity contribution in [3.63, 3.8) is 0 Å². The number of aromatic nitrogens is 1. The van der Waals surface area contributed by atoms with Crippen LogP contribution in [0.3, 0.4) is 0 Å². The maximum atomic E-state index is 11.7. The Kier molecular flexibility index (Phi) is 4.70. The smallest absolute Gasteiger partial charge is 0.336 e. The van der Waals surface area contributed by atoms with Crippen molar-refractivity contribution in [1.29, 1.82) is 0 Å². The lowest BCUT2D eigenvalue weighted by molar-refractivity contribution is 0.0695. The lowest BCUT2D eigenvalue weighted by Gasteiger charge is -2.07. The zero-order chi connectivity index (χ0) is 15.6. The van der Waals surface area contributed by atoms with E-state index in [2.05, 4.69) is 20.9 Å². The second-order valence-corrected chi connectivity index (χ2v) is 8.03. The number of nitrogens with zero attached hydrogens (tertiary/aromatic N) is 1. The van der Waals surface area contributed by atoms with Crippen LogP contribution < -0.4 is 0 Å². The third kappa shape index (κ3) is 3.84. The van der Waals surface area contributed by atoms with Crippen molar-refractivity contribution in [3.05, 3.63) is 46.6 Å². The van der Waals surface area contributed by atoms with Crippen molar-refractivity contribution in [1.82, 2.24) is 4.98 Å². The molecule has 0 amide bonds. The highest BCUT2D eigenvalue weighted by molar-refractivity contribution is 9.10. The Bertz CT molecular complexity index is 806. The fourth-order valence-corrected chi connectivity index (χ4v) is 4.09. The van der Waals surface area contributed by atoms with Crippen LogP contribution in [0.25, 0.3) is 0 Å². The quantitative estimate of drug-likeness (QED) is 0.867. The molecule has 0 radical (unpaired) electrons. The minimum atomic E-state index is -3.40. The topological polar surface area (TPSA) is 84.3 Å². The number of hydrogen-bond donors (Lipinski definition) is 1. The Morgan fingerprint density at radius 2 is 2.05 bits per heavy atom. The number of hydrogen-bond acceptors (Lipinski definition) is 5. The molecule has 0 unspecified atom stereocenters. The van der Waals surface area contributed by atoms with Crippen LogP contribution in [-0.2, 0) is 9.84 Å². The average molecular weight is 388 g/mol. The summed E-state index contributed by atoms with van der Waals surface area (Å²) >= 11 is 4.27. The second-order valence-electron chi connectivity index (χ2n) is 4.13. The zero-order valence-electron chi connectivity index (χ0n) is 10.8. The first-order valence-electron chi connectivity index (χ1n) is 5.65. The fourth-order valence-electron chi connectivity index (χ4n) is 1.58. The maximum absolute atomic E-state index is 11.7. The molecule has 1 N–H and O–H groups in total. The summed E-state index contributed by atoms with van der Waals surface area (Å²) in [4.78, 5) is 15.9. The summed E-state index contributed by atoms with van der Waals surface area (Å²) in [5.41, 5.74) is 0.108. The molecule has 0 fully saturated rings. The van der Waals surface area contributed by atoms with E-state index >= 15 is 0 Å². The first kappa shape index (κ1) is 16.0. The van der Waals surface area contributed by atoms with E-state index in [9.17, 15) is 13.2 Å². The van der Waals surface area contributed by atoms with E-state index in [0.29, 0.717) is 14.4 Å². The summed E-state index contributed by atoms with van der Waals surface area (Å²) in [5.74, 6) is -1.06. The molecular weight excluding hydrogens is 378 g/mol. The van der Waals surface area contributed by atoms with E-state index in [1.165, 1.54) is 18.3 Å². The van der Waals surface area contributed by atoms with Crippen LogP contribution in [0.4, 0.5) is 0 Å². The van der Waals surface area contributed by atoms with Gasteiger partial charge in [-0.15, -0.1) is 0 Å². The van der Waals surface area contributed by atoms with Gasteiger partial charge in [-0.1, -0.05) is 11.8 Å². The van der Waals surface area contributed by atoms with E-state index in [0.717, 1.165) is 18.0 Å². The van der Waals surface area contributed by atoms with Crippen molar-refractivity contribution < 1.29 is 18.3 Å². The largest absolute Gasteiger partial charge is 0.478 e. The van der Waals surface area contributed by atoms with Gasteiger partial charge in [0.2, 0.25) is 0 Å². The van der Waals surface area contributed by atoms with Gasteiger partial charge < -0.3 is 5.11 Å². The normalized spacial score (nSPS) is 11.3. The molecular formula is C13H10BrNO4S2. The van der Waals surface area contributed by atoms with Gasteiger partial charge in [0, 0.05) is 21.8 Å². The molecule has 21 heavy (non-hydrogen) atoms. The van der Waals surface area contributed by atoms with Gasteiger partial charge in [0.05, 0.1) is 10.5 Å². The number of carboxylic acid groups (broad SMARTS) is 1. The third-order valence-electron chi connectivity index (χ3n) is 2.52. The Labute approximate surface area is 134 Å². The van der Waals surface area contributed by atoms with Gasteiger partial charge in [-0.2, -0.15) is 0 Å². The monoisotopic (exact) mass is 387 g/mol. The molecule has 5 nitrogen and oxygen atoms in total. The average Bonchev–Trinajstić information content (AvgIpc) is 2.40. The van der Waals surface area contributed by atoms with Crippen LogP contribution >= 0.6 is 27.7 Å². The number of aromatic carboxylic acids is 1. The molecule has 2 rings (SSSR count). The summed E-state index contributed by atoms with van der Waals surface area (Å²) in [5, 5.41) is 9.41. The predicted octanol–water partition coefficient (Wildman–Crippen LogP) is 3.10. The lowest BCUT2D eigenvalue weighted by Crippen LogP contribution is -2.01. The third-order valence-corrected chi connectivity index (χ3v) is 5.48. The Balaban J connectivity index is 2.45. The minimum absolute atomic E-state index is 0.108. The lowest BCUT2D eigenvalue weighted by atomic mass is 10.2. The van der Waals surface area contributed by atoms with E-state index in [-0.39, 0.29) is 10.5 Å². The summed E-state index contributed by atoms with van der Waals surface area (Å²) in [6, 6.07) is 7.79. The molecule has 0 atom stereocenters. The van der Waals surface area contributed by atoms with Crippen molar-refractivity contribution in [2.24, 2.45) is 0 Å². The van der Waals surface area contributed by atoms with Crippen LogP contribution in [0.15, 0.2) is 55.8 Å². The number of pyridine rings is 1. The zero-order valence-corrected chi connectivity index (χ0v) is 14.0. The molecule has 0 saturated carbocycles.